The van der Waals surface area contributed by atoms with E-state index in [9.17, 15) is 29.4 Å². The van der Waals surface area contributed by atoms with E-state index in [1.165, 1.54) is 0 Å². The second kappa shape index (κ2) is 16.8. The van der Waals surface area contributed by atoms with E-state index >= 15 is 0 Å². The van der Waals surface area contributed by atoms with Crippen LogP contribution in [0.1, 0.15) is 45.1 Å². The summed E-state index contributed by atoms with van der Waals surface area (Å²) < 4.78 is 5.34. The Bertz CT molecular complexity index is 1050. The number of hydrogen-bond acceptors (Lipinski definition) is 6. The van der Waals surface area contributed by atoms with Gasteiger partial charge in [0, 0.05) is 12.5 Å². The lowest BCUT2D eigenvalue weighted by Gasteiger charge is -2.27. The van der Waals surface area contributed by atoms with E-state index in [1.54, 1.807) is 30.3 Å². The average molecular weight is 542 g/mol. The van der Waals surface area contributed by atoms with Crippen LogP contribution in [0, 0.1) is 5.92 Å². The van der Waals surface area contributed by atoms with Gasteiger partial charge in [0.2, 0.25) is 11.8 Å². The van der Waals surface area contributed by atoms with Crippen LogP contribution in [0.3, 0.4) is 0 Å². The summed E-state index contributed by atoms with van der Waals surface area (Å²) in [5, 5.41) is 28.5. The van der Waals surface area contributed by atoms with Gasteiger partial charge < -0.3 is 30.9 Å². The van der Waals surface area contributed by atoms with Crippen molar-refractivity contribution >= 4 is 23.7 Å². The molecule has 0 aromatic heterocycles. The first-order valence-electron chi connectivity index (χ1n) is 13.2. The van der Waals surface area contributed by atoms with Gasteiger partial charge in [-0.3, -0.25) is 14.4 Å². The fourth-order valence-corrected chi connectivity index (χ4v) is 4.01. The van der Waals surface area contributed by atoms with Crippen molar-refractivity contribution in [3.8, 4) is 5.75 Å². The van der Waals surface area contributed by atoms with Gasteiger partial charge in [-0.2, -0.15) is 0 Å². The maximum atomic E-state index is 12.9. The standard InChI is InChI=1S/C29H39N3O7/c1-3-15-30-28(36)21(4-2)17-25(33)23(16-20-11-7-5-8-12-20)31-26(34)18-24(29(37)38)32-27(35)19-39-22-13-9-6-10-14-22/h5-14,21,23-25,33H,3-4,15-19H2,1-2H3,(H,30,36)(H,31,34)(H,32,35)(H,37,38)/t21-,23+,24+,25+/m1/s1. The normalized spacial score (nSPS) is 13.8. The van der Waals surface area contributed by atoms with Crippen molar-refractivity contribution < 1.29 is 34.1 Å². The summed E-state index contributed by atoms with van der Waals surface area (Å²) in [7, 11) is 0. The molecule has 0 aliphatic rings. The van der Waals surface area contributed by atoms with Crippen molar-refractivity contribution in [3.05, 3.63) is 66.2 Å². The topological polar surface area (TPSA) is 154 Å². The molecule has 2 aromatic rings. The highest BCUT2D eigenvalue weighted by atomic mass is 16.5. The highest BCUT2D eigenvalue weighted by Gasteiger charge is 2.29. The molecule has 0 spiro atoms. The Kier molecular flexibility index (Phi) is 13.5. The number of para-hydroxylation sites is 1. The van der Waals surface area contributed by atoms with Crippen molar-refractivity contribution in [1.29, 1.82) is 0 Å². The van der Waals surface area contributed by atoms with E-state index in [1.807, 2.05) is 44.2 Å². The van der Waals surface area contributed by atoms with Crippen LogP contribution >= 0.6 is 0 Å². The van der Waals surface area contributed by atoms with Crippen LogP contribution in [0.15, 0.2) is 60.7 Å². The number of carbonyl (C=O) groups is 4. The predicted octanol–water partition coefficient (Wildman–Crippen LogP) is 2.06. The van der Waals surface area contributed by atoms with Crippen LogP contribution in [0.4, 0.5) is 0 Å². The fraction of sp³-hybridized carbons (Fsp3) is 0.448. The zero-order valence-corrected chi connectivity index (χ0v) is 22.5. The van der Waals surface area contributed by atoms with E-state index in [0.29, 0.717) is 18.7 Å². The Labute approximate surface area is 229 Å². The molecule has 0 heterocycles. The summed E-state index contributed by atoms with van der Waals surface area (Å²) in [5.41, 5.74) is 0.853. The number of carboxylic acids is 1. The minimum absolute atomic E-state index is 0.125. The van der Waals surface area contributed by atoms with E-state index in [-0.39, 0.29) is 18.7 Å². The molecule has 10 heteroatoms. The first kappa shape index (κ1) is 31.3. The summed E-state index contributed by atoms with van der Waals surface area (Å²) in [4.78, 5) is 49.5. The summed E-state index contributed by atoms with van der Waals surface area (Å²) in [6, 6.07) is 15.5. The van der Waals surface area contributed by atoms with Crippen LogP contribution in [-0.4, -0.2) is 65.2 Å². The van der Waals surface area contributed by atoms with Gasteiger partial charge in [-0.25, -0.2) is 4.79 Å². The molecule has 2 aromatic carbocycles. The number of aliphatic carboxylic acids is 1. The second-order valence-corrected chi connectivity index (χ2v) is 9.33. The van der Waals surface area contributed by atoms with Crippen LogP contribution in [0.2, 0.25) is 0 Å². The summed E-state index contributed by atoms with van der Waals surface area (Å²) in [6.45, 7) is 3.93. The Morgan fingerprint density at radius 2 is 1.54 bits per heavy atom. The Hall–Kier alpha value is -3.92. The highest BCUT2D eigenvalue weighted by Crippen LogP contribution is 2.17. The molecule has 10 nitrogen and oxygen atoms in total. The highest BCUT2D eigenvalue weighted by molar-refractivity contribution is 5.89. The molecule has 0 unspecified atom stereocenters. The quantitative estimate of drug-likeness (QED) is 0.205. The third-order valence-corrected chi connectivity index (χ3v) is 6.18. The summed E-state index contributed by atoms with van der Waals surface area (Å²) in [6.07, 6.45) is 0.0887. The van der Waals surface area contributed by atoms with Gasteiger partial charge in [0.15, 0.2) is 6.61 Å². The molecule has 0 radical (unpaired) electrons. The molecule has 0 bridgehead atoms. The van der Waals surface area contributed by atoms with E-state index in [4.69, 9.17) is 4.74 Å². The van der Waals surface area contributed by atoms with Crippen LogP contribution in [-0.2, 0) is 25.6 Å². The number of ether oxygens (including phenoxy) is 1. The third kappa shape index (κ3) is 11.6. The van der Waals surface area contributed by atoms with E-state index in [2.05, 4.69) is 16.0 Å². The Morgan fingerprint density at radius 3 is 2.13 bits per heavy atom. The van der Waals surface area contributed by atoms with Crippen LogP contribution < -0.4 is 20.7 Å². The third-order valence-electron chi connectivity index (χ3n) is 6.18. The molecular weight excluding hydrogens is 502 g/mol. The molecule has 2 rings (SSSR count). The maximum absolute atomic E-state index is 12.9. The SMILES string of the molecule is CCCNC(=O)[C@H](CC)C[C@H](O)[C@H](Cc1ccccc1)NC(=O)C[C@H](NC(=O)COc1ccccc1)C(=O)O. The molecule has 0 aliphatic heterocycles. The predicted molar refractivity (Wildman–Crippen MR) is 146 cm³/mol. The number of aliphatic hydroxyl groups excluding tert-OH is 1. The number of carboxylic acid groups (broad SMARTS) is 1. The minimum Gasteiger partial charge on any atom is -0.484 e. The van der Waals surface area contributed by atoms with E-state index in [0.717, 1.165) is 12.0 Å². The number of rotatable bonds is 17. The lowest BCUT2D eigenvalue weighted by molar-refractivity contribution is -0.144. The monoisotopic (exact) mass is 541 g/mol. The van der Waals surface area contributed by atoms with Crippen molar-refractivity contribution in [1.82, 2.24) is 16.0 Å². The summed E-state index contributed by atoms with van der Waals surface area (Å²) in [5.74, 6) is -2.88. The van der Waals surface area contributed by atoms with Gasteiger partial charge in [-0.1, -0.05) is 62.4 Å². The van der Waals surface area contributed by atoms with Gasteiger partial charge in [0.05, 0.1) is 18.6 Å². The zero-order chi connectivity index (χ0) is 28.6. The number of hydrogen-bond donors (Lipinski definition) is 5. The molecule has 5 N–H and O–H groups in total. The first-order valence-corrected chi connectivity index (χ1v) is 13.2. The molecule has 3 amide bonds. The first-order chi connectivity index (χ1) is 18.7. The van der Waals surface area contributed by atoms with Crippen LogP contribution in [0.25, 0.3) is 0 Å². The number of amides is 3. The molecule has 212 valence electrons. The lowest BCUT2D eigenvalue weighted by atomic mass is 9.91. The van der Waals surface area contributed by atoms with Gasteiger partial charge in [-0.05, 0) is 43.4 Å². The fourth-order valence-electron chi connectivity index (χ4n) is 4.01. The molecule has 0 saturated carbocycles. The number of aliphatic hydroxyl groups is 1. The van der Waals surface area contributed by atoms with Crippen molar-refractivity contribution in [2.24, 2.45) is 5.92 Å². The van der Waals surface area contributed by atoms with Crippen molar-refractivity contribution in [2.45, 2.75) is 64.1 Å². The number of nitrogens with one attached hydrogen (secondary N) is 3. The van der Waals surface area contributed by atoms with E-state index < -0.39 is 54.9 Å². The van der Waals surface area contributed by atoms with Gasteiger partial charge in [-0.15, -0.1) is 0 Å². The van der Waals surface area contributed by atoms with Crippen LogP contribution in [0.5, 0.6) is 5.75 Å². The Morgan fingerprint density at radius 1 is 0.897 bits per heavy atom. The van der Waals surface area contributed by atoms with Gasteiger partial charge >= 0.3 is 5.97 Å². The molecular formula is C29H39N3O7. The molecule has 4 atom stereocenters. The number of benzene rings is 2. The molecule has 39 heavy (non-hydrogen) atoms. The second-order valence-electron chi connectivity index (χ2n) is 9.33. The smallest absolute Gasteiger partial charge is 0.326 e. The largest absolute Gasteiger partial charge is 0.484 e. The lowest BCUT2D eigenvalue weighted by Crippen LogP contribution is -2.50. The van der Waals surface area contributed by atoms with Crippen molar-refractivity contribution in [3.63, 3.8) is 0 Å². The minimum atomic E-state index is -1.49. The molecule has 0 fully saturated rings. The number of carbonyl (C=O) groups excluding carboxylic acids is 3. The Balaban J connectivity index is 2.04. The zero-order valence-electron chi connectivity index (χ0n) is 22.5. The molecule has 0 saturated heterocycles. The summed E-state index contributed by atoms with van der Waals surface area (Å²) >= 11 is 0. The average Bonchev–Trinajstić information content (AvgIpc) is 2.93. The van der Waals surface area contributed by atoms with Gasteiger partial charge in [0.1, 0.15) is 11.8 Å². The van der Waals surface area contributed by atoms with Gasteiger partial charge in [0.25, 0.3) is 5.91 Å². The molecule has 0 aliphatic carbocycles. The maximum Gasteiger partial charge on any atom is 0.326 e. The van der Waals surface area contributed by atoms with Crippen molar-refractivity contribution in [2.75, 3.05) is 13.2 Å².